The summed E-state index contributed by atoms with van der Waals surface area (Å²) >= 11 is 0. The maximum atomic E-state index is 12.2. The molecular formula is C16H25ClN2O2. The van der Waals surface area contributed by atoms with Crippen LogP contribution in [0.2, 0.25) is 0 Å². The molecule has 0 aliphatic carbocycles. The fraction of sp³-hybridized carbons (Fsp3) is 0.562. The summed E-state index contributed by atoms with van der Waals surface area (Å²) in [6, 6.07) is 8.00. The molecule has 2 rings (SSSR count). The minimum atomic E-state index is -0.472. The highest BCUT2D eigenvalue weighted by atomic mass is 35.5. The Morgan fingerprint density at radius 1 is 1.38 bits per heavy atom. The number of halogens is 1. The van der Waals surface area contributed by atoms with E-state index in [2.05, 4.69) is 17.6 Å². The van der Waals surface area contributed by atoms with Gasteiger partial charge in [0.1, 0.15) is 5.75 Å². The van der Waals surface area contributed by atoms with Gasteiger partial charge in [-0.1, -0.05) is 24.6 Å². The molecule has 1 heterocycles. The predicted molar refractivity (Wildman–Crippen MR) is 87.1 cm³/mol. The maximum Gasteiger partial charge on any atom is 0.261 e. The van der Waals surface area contributed by atoms with Crippen molar-refractivity contribution >= 4 is 18.3 Å². The lowest BCUT2D eigenvalue weighted by Gasteiger charge is -2.31. The van der Waals surface area contributed by atoms with Gasteiger partial charge in [-0.25, -0.2) is 0 Å². The number of hydrogen-bond acceptors (Lipinski definition) is 3. The summed E-state index contributed by atoms with van der Waals surface area (Å²) in [5.41, 5.74) is 1.18. The van der Waals surface area contributed by atoms with Crippen LogP contribution in [0.5, 0.6) is 5.75 Å². The molecule has 1 aromatic rings. The van der Waals surface area contributed by atoms with E-state index in [0.717, 1.165) is 25.3 Å². The van der Waals surface area contributed by atoms with Gasteiger partial charge in [0.2, 0.25) is 0 Å². The summed E-state index contributed by atoms with van der Waals surface area (Å²) in [6.07, 6.45) is 0.504. The highest BCUT2D eigenvalue weighted by Crippen LogP contribution is 2.14. The Kier molecular flexibility index (Phi) is 6.99. The molecule has 1 aliphatic heterocycles. The molecule has 0 aromatic heterocycles. The third-order valence-corrected chi connectivity index (χ3v) is 3.82. The van der Waals surface area contributed by atoms with Crippen molar-refractivity contribution in [1.82, 2.24) is 10.6 Å². The van der Waals surface area contributed by atoms with Gasteiger partial charge in [-0.2, -0.15) is 0 Å². The second-order valence-electron chi connectivity index (χ2n) is 5.66. The molecule has 118 valence electrons. The number of hydrogen-bond donors (Lipinski definition) is 2. The summed E-state index contributed by atoms with van der Waals surface area (Å²) < 4.78 is 5.68. The van der Waals surface area contributed by atoms with E-state index >= 15 is 0 Å². The predicted octanol–water partition coefficient (Wildman–Crippen LogP) is 2.30. The Labute approximate surface area is 133 Å². The fourth-order valence-electron chi connectivity index (χ4n) is 2.40. The normalized spacial score (nSPS) is 22.8. The molecule has 0 saturated carbocycles. The summed E-state index contributed by atoms with van der Waals surface area (Å²) in [7, 11) is 0. The second kappa shape index (κ2) is 8.25. The number of piperidine rings is 1. The monoisotopic (exact) mass is 312 g/mol. The zero-order valence-electron chi connectivity index (χ0n) is 12.9. The third-order valence-electron chi connectivity index (χ3n) is 3.82. The minimum Gasteiger partial charge on any atom is -0.481 e. The first kappa shape index (κ1) is 17.8. The number of nitrogens with one attached hydrogen (secondary N) is 2. The first-order valence-electron chi connectivity index (χ1n) is 7.30. The van der Waals surface area contributed by atoms with Gasteiger partial charge in [-0.05, 0) is 51.4 Å². The number of amides is 1. The SMILES string of the molecule is Cc1ccc(OC(C)C(=O)NC2CCNCC2C)cc1.Cl. The average molecular weight is 313 g/mol. The molecule has 3 atom stereocenters. The third kappa shape index (κ3) is 5.21. The van der Waals surface area contributed by atoms with Crippen molar-refractivity contribution in [3.8, 4) is 5.75 Å². The van der Waals surface area contributed by atoms with Gasteiger partial charge in [0.15, 0.2) is 6.10 Å². The van der Waals surface area contributed by atoms with Crippen LogP contribution < -0.4 is 15.4 Å². The fourth-order valence-corrected chi connectivity index (χ4v) is 2.40. The minimum absolute atomic E-state index is 0. The molecule has 3 unspecified atom stereocenters. The Bertz CT molecular complexity index is 450. The molecule has 1 fully saturated rings. The number of ether oxygens (including phenoxy) is 1. The number of aryl methyl sites for hydroxylation is 1. The Morgan fingerprint density at radius 2 is 2.05 bits per heavy atom. The highest BCUT2D eigenvalue weighted by molar-refractivity contribution is 5.85. The molecule has 1 amide bonds. The maximum absolute atomic E-state index is 12.2. The van der Waals surface area contributed by atoms with Gasteiger partial charge in [-0.3, -0.25) is 4.79 Å². The molecule has 0 spiro atoms. The topological polar surface area (TPSA) is 50.4 Å². The largest absolute Gasteiger partial charge is 0.481 e. The smallest absolute Gasteiger partial charge is 0.261 e. The number of benzene rings is 1. The van der Waals surface area contributed by atoms with Crippen LogP contribution in [0.4, 0.5) is 0 Å². The van der Waals surface area contributed by atoms with Crippen molar-refractivity contribution in [3.05, 3.63) is 29.8 Å². The zero-order valence-corrected chi connectivity index (χ0v) is 13.7. The van der Waals surface area contributed by atoms with E-state index in [1.807, 2.05) is 31.2 Å². The number of carbonyl (C=O) groups excluding carboxylic acids is 1. The molecular weight excluding hydrogens is 288 g/mol. The van der Waals surface area contributed by atoms with Gasteiger partial charge >= 0.3 is 0 Å². The summed E-state index contributed by atoms with van der Waals surface area (Å²) in [5.74, 6) is 1.15. The lowest BCUT2D eigenvalue weighted by atomic mass is 9.95. The van der Waals surface area contributed by atoms with Crippen LogP contribution in [-0.2, 0) is 4.79 Å². The van der Waals surface area contributed by atoms with Crippen LogP contribution in [-0.4, -0.2) is 31.1 Å². The quantitative estimate of drug-likeness (QED) is 0.897. The van der Waals surface area contributed by atoms with Crippen molar-refractivity contribution in [2.45, 2.75) is 39.3 Å². The van der Waals surface area contributed by atoms with Gasteiger partial charge in [0.05, 0.1) is 0 Å². The molecule has 4 nitrogen and oxygen atoms in total. The van der Waals surface area contributed by atoms with Crippen molar-refractivity contribution < 1.29 is 9.53 Å². The Morgan fingerprint density at radius 3 is 2.67 bits per heavy atom. The van der Waals surface area contributed by atoms with Crippen LogP contribution >= 0.6 is 12.4 Å². The van der Waals surface area contributed by atoms with E-state index in [4.69, 9.17) is 4.74 Å². The second-order valence-corrected chi connectivity index (χ2v) is 5.66. The van der Waals surface area contributed by atoms with Gasteiger partial charge < -0.3 is 15.4 Å². The molecule has 0 bridgehead atoms. The molecule has 0 radical (unpaired) electrons. The highest BCUT2D eigenvalue weighted by Gasteiger charge is 2.25. The van der Waals surface area contributed by atoms with E-state index < -0.39 is 6.10 Å². The molecule has 21 heavy (non-hydrogen) atoms. The molecule has 5 heteroatoms. The van der Waals surface area contributed by atoms with Crippen molar-refractivity contribution in [2.24, 2.45) is 5.92 Å². The standard InChI is InChI=1S/C16H24N2O2.ClH/c1-11-4-6-14(7-5-11)20-13(3)16(19)18-15-8-9-17-10-12(15)2;/h4-7,12-13,15,17H,8-10H2,1-3H3,(H,18,19);1H. The average Bonchev–Trinajstić information content (AvgIpc) is 2.44. The summed E-state index contributed by atoms with van der Waals surface area (Å²) in [6.45, 7) is 7.89. The van der Waals surface area contributed by atoms with Crippen LogP contribution in [0.1, 0.15) is 25.8 Å². The lowest BCUT2D eigenvalue weighted by Crippen LogP contribution is -2.51. The lowest BCUT2D eigenvalue weighted by molar-refractivity contribution is -0.128. The molecule has 1 saturated heterocycles. The van der Waals surface area contributed by atoms with Crippen molar-refractivity contribution in [2.75, 3.05) is 13.1 Å². The van der Waals surface area contributed by atoms with Gasteiger partial charge in [0.25, 0.3) is 5.91 Å². The first-order chi connectivity index (χ1) is 9.56. The summed E-state index contributed by atoms with van der Waals surface area (Å²) in [4.78, 5) is 12.2. The van der Waals surface area contributed by atoms with E-state index in [1.165, 1.54) is 5.56 Å². The van der Waals surface area contributed by atoms with Gasteiger partial charge in [-0.15, -0.1) is 12.4 Å². The van der Waals surface area contributed by atoms with E-state index in [1.54, 1.807) is 6.92 Å². The van der Waals surface area contributed by atoms with Crippen LogP contribution in [0.3, 0.4) is 0 Å². The van der Waals surface area contributed by atoms with Crippen LogP contribution in [0.25, 0.3) is 0 Å². The van der Waals surface area contributed by atoms with Crippen molar-refractivity contribution in [3.63, 3.8) is 0 Å². The molecule has 1 aromatic carbocycles. The van der Waals surface area contributed by atoms with Gasteiger partial charge in [0, 0.05) is 6.04 Å². The van der Waals surface area contributed by atoms with E-state index in [-0.39, 0.29) is 24.4 Å². The van der Waals surface area contributed by atoms with Crippen molar-refractivity contribution in [1.29, 1.82) is 0 Å². The van der Waals surface area contributed by atoms with Crippen LogP contribution in [0.15, 0.2) is 24.3 Å². The molecule has 1 aliphatic rings. The van der Waals surface area contributed by atoms with E-state index in [9.17, 15) is 4.79 Å². The Hall–Kier alpha value is -1.26. The first-order valence-corrected chi connectivity index (χ1v) is 7.30. The van der Waals surface area contributed by atoms with E-state index in [0.29, 0.717) is 5.92 Å². The molecule has 2 N–H and O–H groups in total. The number of carbonyl (C=O) groups is 1. The summed E-state index contributed by atoms with van der Waals surface area (Å²) in [5, 5.41) is 6.43. The number of rotatable bonds is 4. The van der Waals surface area contributed by atoms with Crippen LogP contribution in [0, 0.1) is 12.8 Å². The Balaban J connectivity index is 0.00000220. The zero-order chi connectivity index (χ0) is 14.5.